The normalized spacial score (nSPS) is 28.4. The number of alkyl carbamates (subject to hydrolysis) is 1. The van der Waals surface area contributed by atoms with E-state index in [2.05, 4.69) is 46.8 Å². The van der Waals surface area contributed by atoms with Gasteiger partial charge in [-0.15, -0.1) is 0 Å². The molecule has 4 atom stereocenters. The molecule has 1 aromatic rings. The molecule has 2 aliphatic rings. The molecular formula is C24H37N3O3. The van der Waals surface area contributed by atoms with Gasteiger partial charge in [0.2, 0.25) is 5.91 Å². The Labute approximate surface area is 180 Å². The molecule has 1 saturated heterocycles. The topological polar surface area (TPSA) is 70.7 Å². The lowest BCUT2D eigenvalue weighted by Crippen LogP contribution is -2.50. The fourth-order valence-corrected chi connectivity index (χ4v) is 4.62. The SMILES string of the molecule is C[C@@H]1CCC[C@H](NC(=O)OC(C)(C)C)c2cccc(c2)C2C(CCCN2C)NC1=O. The molecule has 166 valence electrons. The Balaban J connectivity index is 1.92. The quantitative estimate of drug-likeness (QED) is 0.716. The van der Waals surface area contributed by atoms with Gasteiger partial charge >= 0.3 is 6.09 Å². The number of fused-ring (bicyclic) bond motifs is 4. The average Bonchev–Trinajstić information content (AvgIpc) is 2.65. The van der Waals surface area contributed by atoms with Crippen LogP contribution in [-0.2, 0) is 9.53 Å². The molecule has 1 aromatic carbocycles. The van der Waals surface area contributed by atoms with Crippen molar-refractivity contribution < 1.29 is 14.3 Å². The molecule has 1 fully saturated rings. The highest BCUT2D eigenvalue weighted by molar-refractivity contribution is 5.78. The summed E-state index contributed by atoms with van der Waals surface area (Å²) in [6.45, 7) is 8.61. The van der Waals surface area contributed by atoms with Crippen LogP contribution < -0.4 is 10.6 Å². The number of nitrogens with zero attached hydrogens (tertiary/aromatic N) is 1. The van der Waals surface area contributed by atoms with Crippen molar-refractivity contribution >= 4 is 12.0 Å². The van der Waals surface area contributed by atoms with Crippen LogP contribution in [-0.4, -0.2) is 42.1 Å². The van der Waals surface area contributed by atoms with Crippen molar-refractivity contribution in [3.05, 3.63) is 35.4 Å². The molecule has 6 nitrogen and oxygen atoms in total. The third-order valence-electron chi connectivity index (χ3n) is 6.13. The Kier molecular flexibility index (Phi) is 7.06. The largest absolute Gasteiger partial charge is 0.444 e. The molecule has 30 heavy (non-hydrogen) atoms. The highest BCUT2D eigenvalue weighted by Crippen LogP contribution is 2.33. The van der Waals surface area contributed by atoms with Gasteiger partial charge in [-0.05, 0) is 71.2 Å². The summed E-state index contributed by atoms with van der Waals surface area (Å²) in [4.78, 5) is 27.6. The van der Waals surface area contributed by atoms with Gasteiger partial charge in [-0.1, -0.05) is 37.6 Å². The van der Waals surface area contributed by atoms with Crippen molar-refractivity contribution in [1.29, 1.82) is 0 Å². The van der Waals surface area contributed by atoms with E-state index in [0.717, 1.165) is 44.2 Å². The number of nitrogens with one attached hydrogen (secondary N) is 2. The molecule has 0 radical (unpaired) electrons. The number of rotatable bonds is 1. The van der Waals surface area contributed by atoms with E-state index in [-0.39, 0.29) is 30.0 Å². The van der Waals surface area contributed by atoms with Crippen LogP contribution in [0.2, 0.25) is 0 Å². The summed E-state index contributed by atoms with van der Waals surface area (Å²) in [6, 6.07) is 8.57. The van der Waals surface area contributed by atoms with Gasteiger partial charge in [0.25, 0.3) is 0 Å². The van der Waals surface area contributed by atoms with Crippen LogP contribution in [0.1, 0.15) is 83.0 Å². The Morgan fingerprint density at radius 3 is 2.63 bits per heavy atom. The van der Waals surface area contributed by atoms with E-state index in [4.69, 9.17) is 4.74 Å². The number of piperidine rings is 1. The first kappa shape index (κ1) is 22.6. The summed E-state index contributed by atoms with van der Waals surface area (Å²) < 4.78 is 5.50. The van der Waals surface area contributed by atoms with E-state index in [1.807, 2.05) is 27.7 Å². The monoisotopic (exact) mass is 415 g/mol. The highest BCUT2D eigenvalue weighted by atomic mass is 16.6. The summed E-state index contributed by atoms with van der Waals surface area (Å²) in [6.07, 6.45) is 4.08. The number of benzene rings is 1. The number of hydrogen-bond acceptors (Lipinski definition) is 4. The molecule has 2 N–H and O–H groups in total. The second-order valence-electron chi connectivity index (χ2n) is 9.88. The first-order valence-corrected chi connectivity index (χ1v) is 11.2. The number of likely N-dealkylation sites (N-methyl/N-ethyl adjacent to an activating group) is 1. The lowest BCUT2D eigenvalue weighted by Gasteiger charge is -2.40. The van der Waals surface area contributed by atoms with E-state index in [0.29, 0.717) is 0 Å². The molecule has 0 aliphatic carbocycles. The van der Waals surface area contributed by atoms with E-state index in [1.54, 1.807) is 0 Å². The lowest BCUT2D eigenvalue weighted by molar-refractivity contribution is -0.126. The molecular weight excluding hydrogens is 378 g/mol. The average molecular weight is 416 g/mol. The van der Waals surface area contributed by atoms with Gasteiger partial charge in [-0.25, -0.2) is 4.79 Å². The zero-order valence-electron chi connectivity index (χ0n) is 19.0. The Bertz CT molecular complexity index is 758. The zero-order valence-corrected chi connectivity index (χ0v) is 19.0. The molecule has 2 heterocycles. The first-order chi connectivity index (χ1) is 14.1. The van der Waals surface area contributed by atoms with Gasteiger partial charge in [0.15, 0.2) is 0 Å². The van der Waals surface area contributed by atoms with Crippen molar-refractivity contribution in [1.82, 2.24) is 15.5 Å². The molecule has 2 unspecified atom stereocenters. The summed E-state index contributed by atoms with van der Waals surface area (Å²) in [5, 5.41) is 6.39. The smallest absolute Gasteiger partial charge is 0.408 e. The van der Waals surface area contributed by atoms with E-state index in [9.17, 15) is 9.59 Å². The number of carbonyl (C=O) groups excluding carboxylic acids is 2. The van der Waals surface area contributed by atoms with Gasteiger partial charge in [-0.2, -0.15) is 0 Å². The second-order valence-corrected chi connectivity index (χ2v) is 9.88. The van der Waals surface area contributed by atoms with Crippen LogP contribution in [0, 0.1) is 5.92 Å². The van der Waals surface area contributed by atoms with Crippen LogP contribution in [0.15, 0.2) is 24.3 Å². The lowest BCUT2D eigenvalue weighted by atomic mass is 9.87. The predicted molar refractivity (Wildman–Crippen MR) is 118 cm³/mol. The van der Waals surface area contributed by atoms with Crippen LogP contribution in [0.3, 0.4) is 0 Å². The summed E-state index contributed by atoms with van der Waals surface area (Å²) >= 11 is 0. The fourth-order valence-electron chi connectivity index (χ4n) is 4.62. The molecule has 2 amide bonds. The maximum absolute atomic E-state index is 12.8. The fraction of sp³-hybridized carbons (Fsp3) is 0.667. The zero-order chi connectivity index (χ0) is 21.9. The van der Waals surface area contributed by atoms with Gasteiger partial charge in [0, 0.05) is 12.0 Å². The van der Waals surface area contributed by atoms with Gasteiger partial charge < -0.3 is 15.4 Å². The Morgan fingerprint density at radius 1 is 1.17 bits per heavy atom. The molecule has 2 aliphatic heterocycles. The molecule has 0 spiro atoms. The van der Waals surface area contributed by atoms with Crippen LogP contribution in [0.5, 0.6) is 0 Å². The maximum atomic E-state index is 12.8. The van der Waals surface area contributed by atoms with E-state index in [1.165, 1.54) is 5.56 Å². The molecule has 6 heteroatoms. The number of amides is 2. The third-order valence-corrected chi connectivity index (χ3v) is 6.13. The predicted octanol–water partition coefficient (Wildman–Crippen LogP) is 4.32. The Morgan fingerprint density at radius 2 is 1.90 bits per heavy atom. The number of carbonyl (C=O) groups is 2. The number of likely N-dealkylation sites (tertiary alicyclic amines) is 1. The van der Waals surface area contributed by atoms with Gasteiger partial charge in [0.05, 0.1) is 12.1 Å². The Hall–Kier alpha value is -2.08. The van der Waals surface area contributed by atoms with Crippen LogP contribution >= 0.6 is 0 Å². The van der Waals surface area contributed by atoms with Gasteiger partial charge in [0.1, 0.15) is 5.60 Å². The highest BCUT2D eigenvalue weighted by Gasteiger charge is 2.33. The first-order valence-electron chi connectivity index (χ1n) is 11.2. The van der Waals surface area contributed by atoms with Crippen molar-refractivity contribution in [2.24, 2.45) is 5.92 Å². The summed E-state index contributed by atoms with van der Waals surface area (Å²) in [5.74, 6) is 0.0894. The minimum atomic E-state index is -0.540. The van der Waals surface area contributed by atoms with Crippen LogP contribution in [0.25, 0.3) is 0 Å². The molecule has 0 saturated carbocycles. The molecule has 0 aromatic heterocycles. The minimum Gasteiger partial charge on any atom is -0.444 e. The minimum absolute atomic E-state index is 0.0437. The standard InChI is InChI=1S/C24H37N3O3/c1-16-9-6-12-19(26-23(29)30-24(2,3)4)17-10-7-11-18(15-17)21-20(25-22(16)28)13-8-14-27(21)5/h7,10-11,15-16,19-21H,6,8-9,12-14H2,1-5H3,(H,25,28)(H,26,29)/t16-,19+,20?,21?/m1/s1. The third kappa shape index (κ3) is 5.75. The van der Waals surface area contributed by atoms with Crippen LogP contribution in [0.4, 0.5) is 4.79 Å². The maximum Gasteiger partial charge on any atom is 0.408 e. The van der Waals surface area contributed by atoms with Crippen molar-refractivity contribution in [3.63, 3.8) is 0 Å². The molecule has 3 rings (SSSR count). The van der Waals surface area contributed by atoms with Crippen molar-refractivity contribution in [2.75, 3.05) is 13.6 Å². The van der Waals surface area contributed by atoms with Crippen molar-refractivity contribution in [2.45, 2.75) is 83.5 Å². The van der Waals surface area contributed by atoms with Crippen molar-refractivity contribution in [3.8, 4) is 0 Å². The molecule has 2 bridgehead atoms. The second kappa shape index (κ2) is 9.38. The number of hydrogen-bond donors (Lipinski definition) is 2. The van der Waals surface area contributed by atoms with Gasteiger partial charge in [-0.3, -0.25) is 9.69 Å². The van der Waals surface area contributed by atoms with E-state index >= 15 is 0 Å². The number of ether oxygens (including phenoxy) is 1. The summed E-state index contributed by atoms with van der Waals surface area (Å²) in [7, 11) is 2.13. The summed E-state index contributed by atoms with van der Waals surface area (Å²) in [5.41, 5.74) is 1.74. The van der Waals surface area contributed by atoms with E-state index < -0.39 is 11.7 Å².